The van der Waals surface area contributed by atoms with Crippen molar-refractivity contribution < 1.29 is 19.1 Å². The van der Waals surface area contributed by atoms with E-state index in [1.54, 1.807) is 19.9 Å². The zero-order valence-corrected chi connectivity index (χ0v) is 13.5. The van der Waals surface area contributed by atoms with Gasteiger partial charge in [-0.05, 0) is 41.0 Å². The second-order valence-electron chi connectivity index (χ2n) is 6.34. The molecule has 0 N–H and O–H groups in total. The molecule has 0 saturated carbocycles. The number of methoxy groups -OCH3 is 1. The van der Waals surface area contributed by atoms with Gasteiger partial charge >= 0.3 is 12.1 Å². The van der Waals surface area contributed by atoms with Gasteiger partial charge in [-0.3, -0.25) is 4.79 Å². The maximum Gasteiger partial charge on any atom is 0.410 e. The van der Waals surface area contributed by atoms with Gasteiger partial charge in [-0.2, -0.15) is 0 Å². The molecule has 0 aliphatic carbocycles. The molecular weight excluding hydrogens is 258 g/mol. The van der Waals surface area contributed by atoms with E-state index in [1.807, 2.05) is 20.8 Å². The molecular formula is C15H27NO4. The first-order chi connectivity index (χ1) is 9.03. The van der Waals surface area contributed by atoms with Crippen LogP contribution in [-0.2, 0) is 14.3 Å². The fraction of sp³-hybridized carbons (Fsp3) is 0.733. The topological polar surface area (TPSA) is 55.8 Å². The lowest BCUT2D eigenvalue weighted by Gasteiger charge is -2.29. The van der Waals surface area contributed by atoms with E-state index in [0.717, 1.165) is 0 Å². The fourth-order valence-electron chi connectivity index (χ4n) is 1.53. The van der Waals surface area contributed by atoms with Crippen LogP contribution in [0.3, 0.4) is 0 Å². The molecule has 1 amide bonds. The molecule has 5 heteroatoms. The average molecular weight is 285 g/mol. The van der Waals surface area contributed by atoms with Gasteiger partial charge in [0.15, 0.2) is 0 Å². The van der Waals surface area contributed by atoms with Gasteiger partial charge in [0.2, 0.25) is 0 Å². The third kappa shape index (κ3) is 6.59. The number of amides is 1. The van der Waals surface area contributed by atoms with Crippen molar-refractivity contribution in [3.63, 3.8) is 0 Å². The molecule has 0 rings (SSSR count). The summed E-state index contributed by atoms with van der Waals surface area (Å²) < 4.78 is 10.1. The number of ether oxygens (including phenoxy) is 2. The number of carbonyl (C=O) groups excluding carboxylic acids is 2. The normalized spacial score (nSPS) is 11.7. The summed E-state index contributed by atoms with van der Waals surface area (Å²) >= 11 is 0. The zero-order chi connectivity index (χ0) is 16.0. The highest BCUT2D eigenvalue weighted by Gasteiger charge is 2.30. The highest BCUT2D eigenvalue weighted by molar-refractivity contribution is 5.75. The summed E-state index contributed by atoms with van der Waals surface area (Å²) in [4.78, 5) is 25.2. The van der Waals surface area contributed by atoms with Crippen molar-refractivity contribution in [2.75, 3.05) is 20.2 Å². The molecule has 116 valence electrons. The molecule has 0 radical (unpaired) electrons. The summed E-state index contributed by atoms with van der Waals surface area (Å²) in [5.74, 6) is -0.291. The van der Waals surface area contributed by atoms with Crippen LogP contribution >= 0.6 is 0 Å². The number of esters is 1. The van der Waals surface area contributed by atoms with Crippen molar-refractivity contribution in [1.29, 1.82) is 0 Å². The summed E-state index contributed by atoms with van der Waals surface area (Å²) in [5.41, 5.74) is -1.19. The minimum atomic E-state index is -0.643. The molecule has 0 atom stereocenters. The second kappa shape index (κ2) is 7.31. The smallest absolute Gasteiger partial charge is 0.410 e. The first kappa shape index (κ1) is 18.5. The largest absolute Gasteiger partial charge is 0.469 e. The molecule has 0 aliphatic heterocycles. The van der Waals surface area contributed by atoms with E-state index in [9.17, 15) is 9.59 Å². The van der Waals surface area contributed by atoms with Gasteiger partial charge in [0.25, 0.3) is 0 Å². The van der Waals surface area contributed by atoms with E-state index >= 15 is 0 Å². The molecule has 0 bridgehead atoms. The van der Waals surface area contributed by atoms with Crippen LogP contribution in [0.5, 0.6) is 0 Å². The van der Waals surface area contributed by atoms with Crippen molar-refractivity contribution in [2.45, 2.75) is 46.6 Å². The first-order valence-electron chi connectivity index (χ1n) is 6.70. The molecule has 0 heterocycles. The Labute approximate surface area is 121 Å². The van der Waals surface area contributed by atoms with E-state index < -0.39 is 17.1 Å². The van der Waals surface area contributed by atoms with Crippen molar-refractivity contribution in [3.8, 4) is 0 Å². The Morgan fingerprint density at radius 3 is 2.15 bits per heavy atom. The third-order valence-corrected chi connectivity index (χ3v) is 2.75. The Bertz CT molecular complexity index is 355. The van der Waals surface area contributed by atoms with Gasteiger partial charge < -0.3 is 14.4 Å². The molecule has 0 saturated heterocycles. The van der Waals surface area contributed by atoms with Gasteiger partial charge in [0.1, 0.15) is 5.60 Å². The Balaban J connectivity index is 4.67. The molecule has 0 aromatic rings. The Kier molecular flexibility index (Phi) is 6.76. The lowest BCUT2D eigenvalue weighted by molar-refractivity contribution is -0.151. The van der Waals surface area contributed by atoms with Gasteiger partial charge in [0, 0.05) is 13.1 Å². The second-order valence-corrected chi connectivity index (χ2v) is 6.34. The van der Waals surface area contributed by atoms with Crippen LogP contribution in [0.15, 0.2) is 12.7 Å². The average Bonchev–Trinajstić information content (AvgIpc) is 2.30. The summed E-state index contributed by atoms with van der Waals surface area (Å²) in [6.07, 6.45) is 1.72. The van der Waals surface area contributed by atoms with Crippen molar-refractivity contribution >= 4 is 12.1 Å². The molecule has 0 aromatic carbocycles. The van der Waals surface area contributed by atoms with E-state index in [1.165, 1.54) is 12.0 Å². The molecule has 0 fully saturated rings. The van der Waals surface area contributed by atoms with Crippen molar-refractivity contribution in [2.24, 2.45) is 5.41 Å². The number of rotatable bonds is 6. The summed E-state index contributed by atoms with van der Waals surface area (Å²) in [6.45, 7) is 13.4. The third-order valence-electron chi connectivity index (χ3n) is 2.75. The summed E-state index contributed by atoms with van der Waals surface area (Å²) in [7, 11) is 1.36. The highest BCUT2D eigenvalue weighted by atomic mass is 16.6. The molecule has 0 aromatic heterocycles. The first-order valence-corrected chi connectivity index (χ1v) is 6.70. The summed E-state index contributed by atoms with van der Waals surface area (Å²) in [6, 6.07) is 0. The molecule has 0 unspecified atom stereocenters. The lowest BCUT2D eigenvalue weighted by atomic mass is 9.89. The minimum absolute atomic E-state index is 0.291. The maximum absolute atomic E-state index is 12.0. The molecule has 0 spiro atoms. The molecule has 0 aliphatic rings. The van der Waals surface area contributed by atoms with Crippen LogP contribution in [-0.4, -0.2) is 42.8 Å². The van der Waals surface area contributed by atoms with Gasteiger partial charge in [-0.25, -0.2) is 4.79 Å². The quantitative estimate of drug-likeness (QED) is 0.556. The number of hydrogen-bond donors (Lipinski definition) is 0. The fourth-order valence-corrected chi connectivity index (χ4v) is 1.53. The maximum atomic E-state index is 12.0. The highest BCUT2D eigenvalue weighted by Crippen LogP contribution is 2.23. The predicted molar refractivity (Wildman–Crippen MR) is 78.4 cm³/mol. The Morgan fingerprint density at radius 2 is 1.75 bits per heavy atom. The van der Waals surface area contributed by atoms with E-state index in [2.05, 4.69) is 6.58 Å². The van der Waals surface area contributed by atoms with E-state index in [0.29, 0.717) is 19.5 Å². The van der Waals surface area contributed by atoms with Crippen LogP contribution in [0.2, 0.25) is 0 Å². The van der Waals surface area contributed by atoms with Crippen LogP contribution in [0.4, 0.5) is 4.79 Å². The van der Waals surface area contributed by atoms with Gasteiger partial charge in [-0.1, -0.05) is 6.08 Å². The lowest BCUT2D eigenvalue weighted by Crippen LogP contribution is -2.40. The number of carbonyl (C=O) groups is 2. The van der Waals surface area contributed by atoms with E-state index in [-0.39, 0.29) is 5.97 Å². The van der Waals surface area contributed by atoms with Crippen LogP contribution < -0.4 is 0 Å². The van der Waals surface area contributed by atoms with E-state index in [4.69, 9.17) is 9.47 Å². The minimum Gasteiger partial charge on any atom is -0.469 e. The summed E-state index contributed by atoms with van der Waals surface area (Å²) in [5, 5.41) is 0. The van der Waals surface area contributed by atoms with Crippen LogP contribution in [0.1, 0.15) is 41.0 Å². The van der Waals surface area contributed by atoms with Crippen LogP contribution in [0, 0.1) is 5.41 Å². The van der Waals surface area contributed by atoms with Crippen LogP contribution in [0.25, 0.3) is 0 Å². The standard InChI is InChI=1S/C15H27NO4/c1-8-10-16(13(18)20-14(2,3)4)11-9-15(5,6)12(17)19-7/h8H,1,9-11H2,2-7H3. The number of nitrogens with zero attached hydrogens (tertiary/aromatic N) is 1. The molecule has 20 heavy (non-hydrogen) atoms. The predicted octanol–water partition coefficient (Wildman–Crippen LogP) is 3.00. The van der Waals surface area contributed by atoms with Crippen molar-refractivity contribution in [1.82, 2.24) is 4.90 Å². The Morgan fingerprint density at radius 1 is 1.20 bits per heavy atom. The SMILES string of the molecule is C=CCN(CCC(C)(C)C(=O)OC)C(=O)OC(C)(C)C. The van der Waals surface area contributed by atoms with Gasteiger partial charge in [-0.15, -0.1) is 6.58 Å². The zero-order valence-electron chi connectivity index (χ0n) is 13.5. The van der Waals surface area contributed by atoms with Gasteiger partial charge in [0.05, 0.1) is 12.5 Å². The number of hydrogen-bond acceptors (Lipinski definition) is 4. The van der Waals surface area contributed by atoms with Crippen molar-refractivity contribution in [3.05, 3.63) is 12.7 Å². The Hall–Kier alpha value is -1.52. The monoisotopic (exact) mass is 285 g/mol. The molecule has 5 nitrogen and oxygen atoms in total.